The Kier molecular flexibility index (Phi) is 7.13. The van der Waals surface area contributed by atoms with Crippen LogP contribution in [-0.4, -0.2) is 35.5 Å². The van der Waals surface area contributed by atoms with E-state index in [1.165, 1.54) is 17.7 Å². The third-order valence-corrected chi connectivity index (χ3v) is 4.07. The smallest absolute Gasteiger partial charge is 0.118 e. The molecule has 0 aliphatic heterocycles. The van der Waals surface area contributed by atoms with E-state index < -0.39 is 0 Å². The summed E-state index contributed by atoms with van der Waals surface area (Å²) in [5, 5.41) is 3.48. The Morgan fingerprint density at radius 2 is 2.10 bits per heavy atom. The van der Waals surface area contributed by atoms with E-state index in [-0.39, 0.29) is 5.54 Å². The highest BCUT2D eigenvalue weighted by molar-refractivity contribution is 7.98. The van der Waals surface area contributed by atoms with E-state index in [0.717, 1.165) is 18.8 Å². The lowest BCUT2D eigenvalue weighted by Crippen LogP contribution is -2.34. The molecule has 0 amide bonds. The molecule has 0 aliphatic rings. The number of thioether (sulfide) groups is 1. The molecule has 1 unspecified atom stereocenters. The van der Waals surface area contributed by atoms with Gasteiger partial charge in [-0.15, -0.1) is 0 Å². The molecular formula is C16H30N2OS. The molecule has 4 heteroatoms. The summed E-state index contributed by atoms with van der Waals surface area (Å²) in [6.07, 6.45) is 5.25. The van der Waals surface area contributed by atoms with E-state index in [4.69, 9.17) is 4.42 Å². The molecule has 0 saturated heterocycles. The molecule has 1 heterocycles. The molecule has 1 N–H and O–H groups in total. The highest BCUT2D eigenvalue weighted by Crippen LogP contribution is 2.14. The molecule has 1 aromatic heterocycles. The van der Waals surface area contributed by atoms with Crippen LogP contribution in [-0.2, 0) is 13.1 Å². The molecular weight excluding hydrogens is 268 g/mol. The molecule has 0 saturated carbocycles. The lowest BCUT2D eigenvalue weighted by atomic mass is 10.1. The molecule has 1 rings (SSSR count). The van der Waals surface area contributed by atoms with Crippen LogP contribution in [0, 0.1) is 0 Å². The van der Waals surface area contributed by atoms with Crippen molar-refractivity contribution in [1.29, 1.82) is 0 Å². The fraction of sp³-hybridized carbons (Fsp3) is 0.750. The van der Waals surface area contributed by atoms with Gasteiger partial charge in [0.1, 0.15) is 5.76 Å². The molecule has 0 aromatic carbocycles. The Bertz CT molecular complexity index is 384. The molecule has 20 heavy (non-hydrogen) atoms. The summed E-state index contributed by atoms with van der Waals surface area (Å²) in [6.45, 7) is 10.5. The maximum atomic E-state index is 5.67. The first-order chi connectivity index (χ1) is 9.31. The van der Waals surface area contributed by atoms with E-state index in [1.54, 1.807) is 0 Å². The molecule has 3 nitrogen and oxygen atoms in total. The highest BCUT2D eigenvalue weighted by atomic mass is 32.2. The standard InChI is InChI=1S/C16H30N2OS/c1-13(7-8-20-6)18(5)11-15-9-14(12-19-15)10-17-16(2,3)4/h9,12-13,17H,7-8,10-11H2,1-6H3. The number of hydrogen-bond donors (Lipinski definition) is 1. The van der Waals surface area contributed by atoms with Crippen LogP contribution in [0.15, 0.2) is 16.7 Å². The van der Waals surface area contributed by atoms with Crippen LogP contribution < -0.4 is 5.32 Å². The summed E-state index contributed by atoms with van der Waals surface area (Å²) in [6, 6.07) is 2.75. The van der Waals surface area contributed by atoms with Gasteiger partial charge in [0.15, 0.2) is 0 Å². The Morgan fingerprint density at radius 3 is 2.70 bits per heavy atom. The van der Waals surface area contributed by atoms with Gasteiger partial charge in [0.25, 0.3) is 0 Å². The molecule has 116 valence electrons. The summed E-state index contributed by atoms with van der Waals surface area (Å²) in [4.78, 5) is 2.36. The first-order valence-corrected chi connectivity index (χ1v) is 8.71. The third kappa shape index (κ3) is 6.82. The Morgan fingerprint density at radius 1 is 1.40 bits per heavy atom. The first kappa shape index (κ1) is 17.6. The van der Waals surface area contributed by atoms with Gasteiger partial charge in [0.05, 0.1) is 12.8 Å². The third-order valence-electron chi connectivity index (χ3n) is 3.43. The molecule has 0 bridgehead atoms. The second kappa shape index (κ2) is 8.11. The van der Waals surface area contributed by atoms with Gasteiger partial charge in [0.2, 0.25) is 0 Å². The van der Waals surface area contributed by atoms with Crippen molar-refractivity contribution in [2.75, 3.05) is 19.1 Å². The van der Waals surface area contributed by atoms with E-state index in [2.05, 4.69) is 57.3 Å². The SMILES string of the molecule is CSCCC(C)N(C)Cc1cc(CNC(C)(C)C)co1. The minimum absolute atomic E-state index is 0.139. The maximum Gasteiger partial charge on any atom is 0.118 e. The van der Waals surface area contributed by atoms with Crippen molar-refractivity contribution in [3.63, 3.8) is 0 Å². The molecule has 0 fully saturated rings. The fourth-order valence-electron chi connectivity index (χ4n) is 1.88. The lowest BCUT2D eigenvalue weighted by Gasteiger charge is -2.23. The average molecular weight is 298 g/mol. The van der Waals surface area contributed by atoms with Crippen molar-refractivity contribution in [1.82, 2.24) is 10.2 Å². The van der Waals surface area contributed by atoms with Crippen molar-refractivity contribution in [3.8, 4) is 0 Å². The van der Waals surface area contributed by atoms with Gasteiger partial charge < -0.3 is 9.73 Å². The highest BCUT2D eigenvalue weighted by Gasteiger charge is 2.13. The van der Waals surface area contributed by atoms with Gasteiger partial charge in [-0.2, -0.15) is 11.8 Å². The lowest BCUT2D eigenvalue weighted by molar-refractivity contribution is 0.226. The summed E-state index contributed by atoms with van der Waals surface area (Å²) < 4.78 is 5.67. The minimum Gasteiger partial charge on any atom is -0.468 e. The molecule has 0 spiro atoms. The molecule has 0 radical (unpaired) electrons. The van der Waals surface area contributed by atoms with Crippen molar-refractivity contribution in [3.05, 3.63) is 23.7 Å². The van der Waals surface area contributed by atoms with Gasteiger partial charge in [-0.3, -0.25) is 4.90 Å². The zero-order chi connectivity index (χ0) is 15.2. The number of furan rings is 1. The van der Waals surface area contributed by atoms with Gasteiger partial charge in [0, 0.05) is 23.7 Å². The monoisotopic (exact) mass is 298 g/mol. The summed E-state index contributed by atoms with van der Waals surface area (Å²) in [7, 11) is 2.17. The Hall–Kier alpha value is -0.450. The maximum absolute atomic E-state index is 5.67. The van der Waals surface area contributed by atoms with E-state index in [0.29, 0.717) is 6.04 Å². The number of nitrogens with one attached hydrogen (secondary N) is 1. The van der Waals surface area contributed by atoms with Gasteiger partial charge in [-0.1, -0.05) is 0 Å². The van der Waals surface area contributed by atoms with Crippen molar-refractivity contribution in [2.45, 2.75) is 58.8 Å². The predicted octanol–water partition coefficient (Wildman–Crippen LogP) is 3.74. The van der Waals surface area contributed by atoms with Gasteiger partial charge in [-0.25, -0.2) is 0 Å². The number of nitrogens with zero attached hydrogens (tertiary/aromatic N) is 1. The van der Waals surface area contributed by atoms with Gasteiger partial charge in [-0.05, 0) is 59.2 Å². The van der Waals surface area contributed by atoms with Crippen LogP contribution in [0.1, 0.15) is 45.4 Å². The molecule has 1 aromatic rings. The quantitative estimate of drug-likeness (QED) is 0.791. The Balaban J connectivity index is 2.43. The van der Waals surface area contributed by atoms with Crippen LogP contribution in [0.2, 0.25) is 0 Å². The minimum atomic E-state index is 0.139. The van der Waals surface area contributed by atoms with Crippen molar-refractivity contribution in [2.24, 2.45) is 0 Å². The average Bonchev–Trinajstić information content (AvgIpc) is 2.80. The summed E-state index contributed by atoms with van der Waals surface area (Å²) >= 11 is 1.91. The topological polar surface area (TPSA) is 28.4 Å². The number of rotatable bonds is 8. The van der Waals surface area contributed by atoms with Crippen LogP contribution >= 0.6 is 11.8 Å². The zero-order valence-corrected chi connectivity index (χ0v) is 14.6. The van der Waals surface area contributed by atoms with Crippen LogP contribution in [0.3, 0.4) is 0 Å². The Labute approximate surface area is 128 Å². The van der Waals surface area contributed by atoms with Crippen molar-refractivity contribution < 1.29 is 4.42 Å². The molecule has 1 atom stereocenters. The fourth-order valence-corrected chi connectivity index (χ4v) is 2.46. The normalized spacial score (nSPS) is 13.9. The molecule has 0 aliphatic carbocycles. The van der Waals surface area contributed by atoms with Crippen molar-refractivity contribution >= 4 is 11.8 Å². The van der Waals surface area contributed by atoms with Gasteiger partial charge >= 0.3 is 0 Å². The summed E-state index contributed by atoms with van der Waals surface area (Å²) in [5.74, 6) is 2.26. The second-order valence-electron chi connectivity index (χ2n) is 6.57. The van der Waals surface area contributed by atoms with Crippen LogP contribution in [0.5, 0.6) is 0 Å². The zero-order valence-electron chi connectivity index (χ0n) is 13.8. The summed E-state index contributed by atoms with van der Waals surface area (Å²) in [5.41, 5.74) is 1.36. The van der Waals surface area contributed by atoms with E-state index in [9.17, 15) is 0 Å². The predicted molar refractivity (Wildman–Crippen MR) is 89.2 cm³/mol. The van der Waals surface area contributed by atoms with E-state index >= 15 is 0 Å². The van der Waals surface area contributed by atoms with Crippen LogP contribution in [0.25, 0.3) is 0 Å². The second-order valence-corrected chi connectivity index (χ2v) is 7.56. The van der Waals surface area contributed by atoms with Crippen LogP contribution in [0.4, 0.5) is 0 Å². The largest absolute Gasteiger partial charge is 0.468 e. The number of hydrogen-bond acceptors (Lipinski definition) is 4. The first-order valence-electron chi connectivity index (χ1n) is 7.32. The van der Waals surface area contributed by atoms with E-state index in [1.807, 2.05) is 18.0 Å².